The molecule has 0 saturated carbocycles. The summed E-state index contributed by atoms with van der Waals surface area (Å²) in [5.74, 6) is -0.856. The molecule has 1 spiro atoms. The van der Waals surface area contributed by atoms with E-state index in [9.17, 15) is 9.59 Å². The molecule has 4 heteroatoms. The normalized spacial score (nSPS) is 25.0. The number of anilines is 1. The van der Waals surface area contributed by atoms with Crippen LogP contribution in [0, 0.1) is 0 Å². The number of ether oxygens (including phenoxy) is 1. The standard InChI is InChI=1S/C20H17NO3/c1-2-12-21-17-11-7-6-10-15(17)20(19(21)23)16(13-18(22)24-20)14-8-4-3-5-9-14/h2-11,16H,1,12-13H2. The van der Waals surface area contributed by atoms with Crippen LogP contribution in [-0.2, 0) is 19.9 Å². The summed E-state index contributed by atoms with van der Waals surface area (Å²) >= 11 is 0. The lowest BCUT2D eigenvalue weighted by molar-refractivity contribution is -0.157. The summed E-state index contributed by atoms with van der Waals surface area (Å²) in [5, 5.41) is 0. The average Bonchev–Trinajstić information content (AvgIpc) is 3.08. The van der Waals surface area contributed by atoms with Crippen LogP contribution in [0.2, 0.25) is 0 Å². The Bertz CT molecular complexity index is 830. The number of rotatable bonds is 3. The predicted molar refractivity (Wildman–Crippen MR) is 90.6 cm³/mol. The minimum atomic E-state index is -1.27. The molecule has 1 fully saturated rings. The van der Waals surface area contributed by atoms with Crippen molar-refractivity contribution in [2.24, 2.45) is 0 Å². The van der Waals surface area contributed by atoms with Gasteiger partial charge in [-0.15, -0.1) is 6.58 Å². The van der Waals surface area contributed by atoms with Crippen LogP contribution in [-0.4, -0.2) is 18.4 Å². The Hall–Kier alpha value is -2.88. The third-order valence-electron chi connectivity index (χ3n) is 4.81. The quantitative estimate of drug-likeness (QED) is 0.645. The molecule has 2 atom stereocenters. The smallest absolute Gasteiger partial charge is 0.308 e. The molecule has 0 N–H and O–H groups in total. The van der Waals surface area contributed by atoms with E-state index in [0.717, 1.165) is 16.8 Å². The van der Waals surface area contributed by atoms with Crippen molar-refractivity contribution in [3.63, 3.8) is 0 Å². The molecule has 2 aromatic carbocycles. The van der Waals surface area contributed by atoms with Crippen molar-refractivity contribution in [3.8, 4) is 0 Å². The van der Waals surface area contributed by atoms with Gasteiger partial charge < -0.3 is 9.64 Å². The molecule has 1 saturated heterocycles. The highest BCUT2D eigenvalue weighted by Gasteiger charge is 2.62. The number of nitrogens with zero attached hydrogens (tertiary/aromatic N) is 1. The molecule has 120 valence electrons. The minimum absolute atomic E-state index is 0.191. The summed E-state index contributed by atoms with van der Waals surface area (Å²) in [5.41, 5.74) is 1.22. The Morgan fingerprint density at radius 3 is 2.58 bits per heavy atom. The number of carbonyl (C=O) groups excluding carboxylic acids is 2. The van der Waals surface area contributed by atoms with Gasteiger partial charge in [0.1, 0.15) is 0 Å². The van der Waals surface area contributed by atoms with E-state index in [1.165, 1.54) is 0 Å². The van der Waals surface area contributed by atoms with Crippen LogP contribution in [0.4, 0.5) is 5.69 Å². The Labute approximate surface area is 140 Å². The van der Waals surface area contributed by atoms with Gasteiger partial charge >= 0.3 is 5.97 Å². The van der Waals surface area contributed by atoms with Gasteiger partial charge in [-0.3, -0.25) is 9.59 Å². The third kappa shape index (κ3) is 1.86. The fourth-order valence-electron chi connectivity index (χ4n) is 3.83. The highest BCUT2D eigenvalue weighted by atomic mass is 16.6. The zero-order valence-electron chi connectivity index (χ0n) is 13.1. The molecule has 0 aromatic heterocycles. The largest absolute Gasteiger partial charge is 0.443 e. The molecular formula is C20H17NO3. The number of hydrogen-bond donors (Lipinski definition) is 0. The first-order chi connectivity index (χ1) is 11.7. The summed E-state index contributed by atoms with van der Waals surface area (Å²) in [6.45, 7) is 4.12. The van der Waals surface area contributed by atoms with Gasteiger partial charge in [-0.05, 0) is 11.6 Å². The third-order valence-corrected chi connectivity index (χ3v) is 4.81. The number of hydrogen-bond acceptors (Lipinski definition) is 3. The molecule has 2 aliphatic rings. The van der Waals surface area contributed by atoms with Gasteiger partial charge in [0, 0.05) is 18.0 Å². The summed E-state index contributed by atoms with van der Waals surface area (Å²) < 4.78 is 5.73. The van der Waals surface area contributed by atoms with E-state index in [0.29, 0.717) is 6.54 Å². The van der Waals surface area contributed by atoms with Gasteiger partial charge in [0.15, 0.2) is 0 Å². The highest BCUT2D eigenvalue weighted by Crippen LogP contribution is 2.55. The van der Waals surface area contributed by atoms with Gasteiger partial charge in [-0.25, -0.2) is 0 Å². The Balaban J connectivity index is 1.93. The lowest BCUT2D eigenvalue weighted by Crippen LogP contribution is -2.43. The lowest BCUT2D eigenvalue weighted by atomic mass is 9.78. The van der Waals surface area contributed by atoms with E-state index in [-0.39, 0.29) is 24.2 Å². The molecule has 2 unspecified atom stereocenters. The van der Waals surface area contributed by atoms with E-state index >= 15 is 0 Å². The first kappa shape index (κ1) is 14.7. The first-order valence-electron chi connectivity index (χ1n) is 7.97. The lowest BCUT2D eigenvalue weighted by Gasteiger charge is -2.28. The highest BCUT2D eigenvalue weighted by molar-refractivity contribution is 6.10. The van der Waals surface area contributed by atoms with Crippen molar-refractivity contribution in [1.29, 1.82) is 0 Å². The van der Waals surface area contributed by atoms with E-state index in [2.05, 4.69) is 6.58 Å². The maximum Gasteiger partial charge on any atom is 0.308 e. The van der Waals surface area contributed by atoms with Crippen molar-refractivity contribution >= 4 is 17.6 Å². The second-order valence-electron chi connectivity index (χ2n) is 6.10. The fraction of sp³-hybridized carbons (Fsp3) is 0.200. The van der Waals surface area contributed by atoms with Gasteiger partial charge in [-0.2, -0.15) is 0 Å². The molecule has 2 aliphatic heterocycles. The minimum Gasteiger partial charge on any atom is -0.443 e. The van der Waals surface area contributed by atoms with Crippen molar-refractivity contribution in [2.45, 2.75) is 17.9 Å². The maximum absolute atomic E-state index is 13.3. The van der Waals surface area contributed by atoms with E-state index in [1.54, 1.807) is 11.0 Å². The first-order valence-corrected chi connectivity index (χ1v) is 7.97. The zero-order chi connectivity index (χ0) is 16.7. The second-order valence-corrected chi connectivity index (χ2v) is 6.10. The number of amides is 1. The molecular weight excluding hydrogens is 302 g/mol. The van der Waals surface area contributed by atoms with Crippen LogP contribution in [0.15, 0.2) is 67.3 Å². The van der Waals surface area contributed by atoms with E-state index in [4.69, 9.17) is 4.74 Å². The van der Waals surface area contributed by atoms with Crippen LogP contribution in [0.3, 0.4) is 0 Å². The van der Waals surface area contributed by atoms with Crippen molar-refractivity contribution < 1.29 is 14.3 Å². The van der Waals surface area contributed by atoms with Crippen LogP contribution >= 0.6 is 0 Å². The van der Waals surface area contributed by atoms with Gasteiger partial charge in [-0.1, -0.05) is 54.6 Å². The Morgan fingerprint density at radius 1 is 1.12 bits per heavy atom. The number of benzene rings is 2. The molecule has 0 radical (unpaired) electrons. The van der Waals surface area contributed by atoms with E-state index in [1.807, 2.05) is 54.6 Å². The van der Waals surface area contributed by atoms with Crippen molar-refractivity contribution in [2.75, 3.05) is 11.4 Å². The topological polar surface area (TPSA) is 46.6 Å². The van der Waals surface area contributed by atoms with Gasteiger partial charge in [0.2, 0.25) is 5.60 Å². The molecule has 0 aliphatic carbocycles. The number of carbonyl (C=O) groups is 2. The molecule has 0 bridgehead atoms. The summed E-state index contributed by atoms with van der Waals surface area (Å²) in [4.78, 5) is 27.2. The summed E-state index contributed by atoms with van der Waals surface area (Å²) in [7, 11) is 0. The maximum atomic E-state index is 13.3. The number of para-hydroxylation sites is 1. The molecule has 4 nitrogen and oxygen atoms in total. The van der Waals surface area contributed by atoms with Gasteiger partial charge in [0.25, 0.3) is 5.91 Å². The molecule has 24 heavy (non-hydrogen) atoms. The van der Waals surface area contributed by atoms with Crippen LogP contribution < -0.4 is 4.90 Å². The Kier molecular flexibility index (Phi) is 3.27. The molecule has 4 rings (SSSR count). The van der Waals surface area contributed by atoms with Crippen LogP contribution in [0.25, 0.3) is 0 Å². The predicted octanol–water partition coefficient (Wildman–Crippen LogP) is 3.15. The number of esters is 1. The summed E-state index contributed by atoms with van der Waals surface area (Å²) in [6.07, 6.45) is 1.88. The molecule has 1 amide bonds. The SMILES string of the molecule is C=CCN1C(=O)C2(OC(=O)CC2c2ccccc2)c2ccccc21. The average molecular weight is 319 g/mol. The van der Waals surface area contributed by atoms with E-state index < -0.39 is 5.60 Å². The number of fused-ring (bicyclic) bond motifs is 2. The summed E-state index contributed by atoms with van der Waals surface area (Å²) in [6, 6.07) is 17.2. The van der Waals surface area contributed by atoms with Crippen molar-refractivity contribution in [3.05, 3.63) is 78.4 Å². The zero-order valence-corrected chi connectivity index (χ0v) is 13.1. The monoisotopic (exact) mass is 319 g/mol. The second kappa shape index (κ2) is 5.34. The Morgan fingerprint density at radius 2 is 1.83 bits per heavy atom. The van der Waals surface area contributed by atoms with Gasteiger partial charge in [0.05, 0.1) is 12.1 Å². The molecule has 2 aromatic rings. The van der Waals surface area contributed by atoms with Crippen LogP contribution in [0.5, 0.6) is 0 Å². The van der Waals surface area contributed by atoms with Crippen molar-refractivity contribution in [1.82, 2.24) is 0 Å². The molecule has 2 heterocycles. The van der Waals surface area contributed by atoms with Crippen LogP contribution in [0.1, 0.15) is 23.5 Å². The fourth-order valence-corrected chi connectivity index (χ4v) is 3.83.